The molecule has 1 fully saturated rings. The summed E-state index contributed by atoms with van der Waals surface area (Å²) in [5.41, 5.74) is 0.358. The smallest absolute Gasteiger partial charge is 0.00850 e. The molecule has 1 heteroatoms. The van der Waals surface area contributed by atoms with E-state index in [9.17, 15) is 0 Å². The lowest BCUT2D eigenvalue weighted by Crippen LogP contribution is -2.34. The predicted molar refractivity (Wildman–Crippen MR) is 63.4 cm³/mol. The first kappa shape index (κ1) is 11.5. The van der Waals surface area contributed by atoms with Gasteiger partial charge in [-0.3, -0.25) is 0 Å². The van der Waals surface area contributed by atoms with E-state index in [2.05, 4.69) is 43.5 Å². The molecule has 0 spiro atoms. The summed E-state index contributed by atoms with van der Waals surface area (Å²) in [6.45, 7) is 6.72. The summed E-state index contributed by atoms with van der Waals surface area (Å²) in [5.74, 6) is 0. The monoisotopic (exact) mass is 193 g/mol. The van der Waals surface area contributed by atoms with Crippen molar-refractivity contribution in [3.63, 3.8) is 0 Å². The second-order valence-corrected chi connectivity index (χ2v) is 4.10. The van der Waals surface area contributed by atoms with Gasteiger partial charge >= 0.3 is 0 Å². The Morgan fingerprint density at radius 1 is 1.00 bits per heavy atom. The van der Waals surface area contributed by atoms with E-state index in [-0.39, 0.29) is 0 Å². The first-order valence-corrected chi connectivity index (χ1v) is 5.89. The van der Waals surface area contributed by atoms with Gasteiger partial charge in [-0.15, -0.1) is 0 Å². The average molecular weight is 193 g/mol. The topological polar surface area (TPSA) is 12.0 Å². The van der Waals surface area contributed by atoms with Crippen molar-refractivity contribution in [3.05, 3.63) is 24.3 Å². The molecule has 0 saturated carbocycles. The Labute approximate surface area is 88.3 Å². The van der Waals surface area contributed by atoms with Crippen LogP contribution in [0.5, 0.6) is 0 Å². The molecule has 1 N–H and O–H groups in total. The van der Waals surface area contributed by atoms with Crippen LogP contribution in [-0.2, 0) is 0 Å². The number of hydrogen-bond acceptors (Lipinski definition) is 1. The highest BCUT2D eigenvalue weighted by atomic mass is 14.9. The van der Waals surface area contributed by atoms with Crippen LogP contribution in [0.15, 0.2) is 24.3 Å². The number of allylic oxidation sites excluding steroid dienone is 4. The summed E-state index contributed by atoms with van der Waals surface area (Å²) in [5, 5.41) is 3.42. The third kappa shape index (κ3) is 3.30. The van der Waals surface area contributed by atoms with Crippen LogP contribution in [0.2, 0.25) is 0 Å². The van der Waals surface area contributed by atoms with Crippen molar-refractivity contribution in [1.29, 1.82) is 0 Å². The van der Waals surface area contributed by atoms with Gasteiger partial charge in [-0.1, -0.05) is 38.2 Å². The van der Waals surface area contributed by atoms with E-state index in [1.807, 2.05) is 0 Å². The lowest BCUT2D eigenvalue weighted by molar-refractivity contribution is 0.341. The van der Waals surface area contributed by atoms with Crippen LogP contribution in [0.1, 0.15) is 39.5 Å². The Morgan fingerprint density at radius 3 is 1.93 bits per heavy atom. The maximum absolute atomic E-state index is 3.42. The summed E-state index contributed by atoms with van der Waals surface area (Å²) < 4.78 is 0. The minimum Gasteiger partial charge on any atom is -0.317 e. The van der Waals surface area contributed by atoms with Crippen LogP contribution < -0.4 is 5.32 Å². The SMILES string of the molecule is CCC=CC1(C=CCC)CCNCC1. The zero-order valence-corrected chi connectivity index (χ0v) is 9.55. The largest absolute Gasteiger partial charge is 0.317 e. The van der Waals surface area contributed by atoms with Crippen molar-refractivity contribution < 1.29 is 0 Å². The van der Waals surface area contributed by atoms with Crippen molar-refractivity contribution in [2.24, 2.45) is 5.41 Å². The second kappa shape index (κ2) is 6.02. The van der Waals surface area contributed by atoms with E-state index in [1.54, 1.807) is 0 Å². The number of nitrogens with one attached hydrogen (secondary N) is 1. The highest BCUT2D eigenvalue weighted by Crippen LogP contribution is 2.32. The maximum atomic E-state index is 3.42. The molecule has 0 unspecified atom stereocenters. The highest BCUT2D eigenvalue weighted by Gasteiger charge is 2.25. The zero-order chi connectivity index (χ0) is 10.3. The molecule has 1 aliphatic rings. The van der Waals surface area contributed by atoms with Crippen molar-refractivity contribution in [2.75, 3.05) is 13.1 Å². The summed E-state index contributed by atoms with van der Waals surface area (Å²) in [4.78, 5) is 0. The van der Waals surface area contributed by atoms with Gasteiger partial charge in [-0.05, 0) is 38.8 Å². The molecular formula is C13H23N. The lowest BCUT2D eigenvalue weighted by Gasteiger charge is -2.32. The second-order valence-electron chi connectivity index (χ2n) is 4.10. The zero-order valence-electron chi connectivity index (χ0n) is 9.55. The van der Waals surface area contributed by atoms with Crippen molar-refractivity contribution in [1.82, 2.24) is 5.32 Å². The fourth-order valence-corrected chi connectivity index (χ4v) is 1.99. The summed E-state index contributed by atoms with van der Waals surface area (Å²) in [7, 11) is 0. The molecule has 1 nitrogen and oxygen atoms in total. The molecule has 0 aliphatic carbocycles. The molecule has 14 heavy (non-hydrogen) atoms. The van der Waals surface area contributed by atoms with Crippen LogP contribution in [0.4, 0.5) is 0 Å². The van der Waals surface area contributed by atoms with Crippen LogP contribution in [-0.4, -0.2) is 13.1 Å². The lowest BCUT2D eigenvalue weighted by atomic mass is 9.78. The fraction of sp³-hybridized carbons (Fsp3) is 0.692. The number of rotatable bonds is 4. The van der Waals surface area contributed by atoms with Crippen LogP contribution in [0.3, 0.4) is 0 Å². The van der Waals surface area contributed by atoms with E-state index in [4.69, 9.17) is 0 Å². The molecule has 1 rings (SSSR count). The van der Waals surface area contributed by atoms with Crippen LogP contribution >= 0.6 is 0 Å². The van der Waals surface area contributed by atoms with Gasteiger partial charge in [-0.25, -0.2) is 0 Å². The molecule has 0 bridgehead atoms. The fourth-order valence-electron chi connectivity index (χ4n) is 1.99. The van der Waals surface area contributed by atoms with Crippen molar-refractivity contribution in [3.8, 4) is 0 Å². The van der Waals surface area contributed by atoms with E-state index in [0.29, 0.717) is 5.41 Å². The van der Waals surface area contributed by atoms with Gasteiger partial charge in [0.1, 0.15) is 0 Å². The quantitative estimate of drug-likeness (QED) is 0.676. The third-order valence-corrected chi connectivity index (χ3v) is 2.91. The van der Waals surface area contributed by atoms with Gasteiger partial charge in [-0.2, -0.15) is 0 Å². The van der Waals surface area contributed by atoms with E-state index in [0.717, 1.165) is 25.9 Å². The molecule has 0 atom stereocenters. The van der Waals surface area contributed by atoms with Gasteiger partial charge in [0.05, 0.1) is 0 Å². The highest BCUT2D eigenvalue weighted by molar-refractivity contribution is 5.13. The number of hydrogen-bond donors (Lipinski definition) is 1. The molecular weight excluding hydrogens is 170 g/mol. The molecule has 0 amide bonds. The van der Waals surface area contributed by atoms with E-state index in [1.165, 1.54) is 12.8 Å². The Balaban J connectivity index is 2.66. The predicted octanol–water partition coefficient (Wildman–Crippen LogP) is 3.29. The standard InChI is InChI=1S/C13H23N/c1-3-5-7-13(8-6-4-2)9-11-14-12-10-13/h5-8,14H,3-4,9-12H2,1-2H3. The minimum atomic E-state index is 0.358. The summed E-state index contributed by atoms with van der Waals surface area (Å²) >= 11 is 0. The van der Waals surface area contributed by atoms with Crippen molar-refractivity contribution >= 4 is 0 Å². The summed E-state index contributed by atoms with van der Waals surface area (Å²) in [6.07, 6.45) is 14.3. The molecule has 80 valence electrons. The molecule has 1 saturated heterocycles. The van der Waals surface area contributed by atoms with Gasteiger partial charge in [0.25, 0.3) is 0 Å². The molecule has 0 aromatic carbocycles. The maximum Gasteiger partial charge on any atom is 0.00850 e. The first-order chi connectivity index (χ1) is 6.83. The van der Waals surface area contributed by atoms with Gasteiger partial charge < -0.3 is 5.32 Å². The molecule has 0 radical (unpaired) electrons. The number of piperidine rings is 1. The molecule has 0 aromatic heterocycles. The Morgan fingerprint density at radius 2 is 1.50 bits per heavy atom. The normalized spacial score (nSPS) is 22.1. The Kier molecular flexibility index (Phi) is 4.95. The first-order valence-electron chi connectivity index (χ1n) is 5.89. The minimum absolute atomic E-state index is 0.358. The van der Waals surface area contributed by atoms with E-state index >= 15 is 0 Å². The molecule has 1 aliphatic heterocycles. The van der Waals surface area contributed by atoms with Gasteiger partial charge in [0.15, 0.2) is 0 Å². The van der Waals surface area contributed by atoms with E-state index < -0.39 is 0 Å². The van der Waals surface area contributed by atoms with Crippen LogP contribution in [0, 0.1) is 5.41 Å². The van der Waals surface area contributed by atoms with Crippen molar-refractivity contribution in [2.45, 2.75) is 39.5 Å². The Hall–Kier alpha value is -0.560. The average Bonchev–Trinajstić information content (AvgIpc) is 2.25. The summed E-state index contributed by atoms with van der Waals surface area (Å²) in [6, 6.07) is 0. The van der Waals surface area contributed by atoms with Crippen LogP contribution in [0.25, 0.3) is 0 Å². The Bertz CT molecular complexity index is 181. The molecule has 1 heterocycles. The van der Waals surface area contributed by atoms with Gasteiger partial charge in [0, 0.05) is 5.41 Å². The molecule has 0 aromatic rings. The van der Waals surface area contributed by atoms with Gasteiger partial charge in [0.2, 0.25) is 0 Å². The third-order valence-electron chi connectivity index (χ3n) is 2.91.